The summed E-state index contributed by atoms with van der Waals surface area (Å²) in [6, 6.07) is 3.38. The average Bonchev–Trinajstić information content (AvgIpc) is 3.13. The van der Waals surface area contributed by atoms with Crippen molar-refractivity contribution in [1.29, 1.82) is 0 Å². The monoisotopic (exact) mass is 279 g/mol. The zero-order chi connectivity index (χ0) is 13.4. The van der Waals surface area contributed by atoms with Gasteiger partial charge in [0.15, 0.2) is 0 Å². The minimum absolute atomic E-state index is 0.115. The molecule has 19 heavy (non-hydrogen) atoms. The summed E-state index contributed by atoms with van der Waals surface area (Å²) in [6.07, 6.45) is 2.28. The number of carbonyl (C=O) groups is 1. The van der Waals surface area contributed by atoms with Crippen molar-refractivity contribution in [3.05, 3.63) is 22.7 Å². The normalized spacial score (nSPS) is 14.6. The third-order valence-corrected chi connectivity index (χ3v) is 3.87. The van der Waals surface area contributed by atoms with E-state index >= 15 is 0 Å². The lowest BCUT2D eigenvalue weighted by Gasteiger charge is -2.07. The molecular weight excluding hydrogens is 266 g/mol. The predicted molar refractivity (Wildman–Crippen MR) is 70.5 cm³/mol. The average molecular weight is 279 g/mol. The Kier molecular flexibility index (Phi) is 3.12. The van der Waals surface area contributed by atoms with Crippen LogP contribution in [0.25, 0.3) is 10.2 Å². The Morgan fingerprint density at radius 1 is 1.53 bits per heavy atom. The maximum Gasteiger partial charge on any atom is 0.338 e. The van der Waals surface area contributed by atoms with E-state index in [1.807, 2.05) is 0 Å². The standard InChI is InChI=1S/C13H13NO4S/c1-17-13(16)7-4-9(18-8-2-3-8)12-10(5-7)19-11(6-15)14-12/h4-5,8,15H,2-3,6H2,1H3. The summed E-state index contributed by atoms with van der Waals surface area (Å²) in [7, 11) is 1.35. The fourth-order valence-electron chi connectivity index (χ4n) is 1.80. The predicted octanol–water partition coefficient (Wildman–Crippen LogP) is 2.12. The molecule has 0 atom stereocenters. The van der Waals surface area contributed by atoms with Crippen molar-refractivity contribution < 1.29 is 19.4 Å². The first-order valence-corrected chi connectivity index (χ1v) is 6.82. The van der Waals surface area contributed by atoms with Crippen molar-refractivity contribution in [2.45, 2.75) is 25.6 Å². The molecule has 0 aliphatic heterocycles. The van der Waals surface area contributed by atoms with Crippen LogP contribution in [0, 0.1) is 0 Å². The van der Waals surface area contributed by atoms with Gasteiger partial charge in [-0.25, -0.2) is 9.78 Å². The molecule has 1 aliphatic carbocycles. The Morgan fingerprint density at radius 2 is 2.32 bits per heavy atom. The van der Waals surface area contributed by atoms with Gasteiger partial charge in [0.1, 0.15) is 16.3 Å². The number of aliphatic hydroxyl groups excluding tert-OH is 1. The number of hydrogen-bond donors (Lipinski definition) is 1. The van der Waals surface area contributed by atoms with Gasteiger partial charge in [-0.15, -0.1) is 11.3 Å². The molecular formula is C13H13NO4S. The number of aromatic nitrogens is 1. The molecule has 1 aromatic heterocycles. The molecule has 1 aromatic carbocycles. The number of ether oxygens (including phenoxy) is 2. The molecule has 100 valence electrons. The molecule has 6 heteroatoms. The molecule has 0 spiro atoms. The van der Waals surface area contributed by atoms with E-state index < -0.39 is 5.97 Å². The van der Waals surface area contributed by atoms with Crippen LogP contribution in [-0.2, 0) is 11.3 Å². The summed E-state index contributed by atoms with van der Waals surface area (Å²) in [6.45, 7) is -0.115. The lowest BCUT2D eigenvalue weighted by Crippen LogP contribution is -2.03. The van der Waals surface area contributed by atoms with Gasteiger partial charge < -0.3 is 14.6 Å². The van der Waals surface area contributed by atoms with E-state index in [-0.39, 0.29) is 12.7 Å². The number of carbonyl (C=O) groups excluding carboxylic acids is 1. The second kappa shape index (κ2) is 4.79. The molecule has 1 N–H and O–H groups in total. The largest absolute Gasteiger partial charge is 0.488 e. The summed E-state index contributed by atoms with van der Waals surface area (Å²) in [5.41, 5.74) is 1.15. The van der Waals surface area contributed by atoms with Crippen LogP contribution in [-0.4, -0.2) is 29.3 Å². The lowest BCUT2D eigenvalue weighted by molar-refractivity contribution is 0.0600. The third-order valence-electron chi connectivity index (χ3n) is 2.88. The highest BCUT2D eigenvalue weighted by molar-refractivity contribution is 7.18. The van der Waals surface area contributed by atoms with Gasteiger partial charge >= 0.3 is 5.97 Å². The quantitative estimate of drug-likeness (QED) is 0.868. The van der Waals surface area contributed by atoms with E-state index in [0.717, 1.165) is 17.5 Å². The van der Waals surface area contributed by atoms with Crippen molar-refractivity contribution in [1.82, 2.24) is 4.98 Å². The number of methoxy groups -OCH3 is 1. The van der Waals surface area contributed by atoms with Crippen LogP contribution in [0.1, 0.15) is 28.2 Å². The molecule has 2 aromatic rings. The number of thiazole rings is 1. The first-order chi connectivity index (χ1) is 9.21. The summed E-state index contributed by atoms with van der Waals surface area (Å²) in [4.78, 5) is 16.0. The van der Waals surface area contributed by atoms with Gasteiger partial charge in [0.25, 0.3) is 0 Å². The molecule has 1 aliphatic rings. The first-order valence-electron chi connectivity index (χ1n) is 6.00. The molecule has 0 bridgehead atoms. The maximum atomic E-state index is 11.6. The minimum atomic E-state index is -0.401. The number of benzene rings is 1. The van der Waals surface area contributed by atoms with Crippen molar-refractivity contribution in [2.24, 2.45) is 0 Å². The highest BCUT2D eigenvalue weighted by atomic mass is 32.1. The number of hydrogen-bond acceptors (Lipinski definition) is 6. The summed E-state index contributed by atoms with van der Waals surface area (Å²) >= 11 is 1.35. The first kappa shape index (κ1) is 12.4. The Morgan fingerprint density at radius 3 is 2.95 bits per heavy atom. The Balaban J connectivity index is 2.11. The van der Waals surface area contributed by atoms with Crippen molar-refractivity contribution in [2.75, 3.05) is 7.11 Å². The molecule has 0 unspecified atom stereocenters. The van der Waals surface area contributed by atoms with Crippen molar-refractivity contribution >= 4 is 27.5 Å². The van der Waals surface area contributed by atoms with Crippen LogP contribution in [0.4, 0.5) is 0 Å². The zero-order valence-corrected chi connectivity index (χ0v) is 11.2. The summed E-state index contributed by atoms with van der Waals surface area (Å²) in [5, 5.41) is 9.77. The van der Waals surface area contributed by atoms with Gasteiger partial charge in [-0.05, 0) is 25.0 Å². The number of nitrogens with zero attached hydrogens (tertiary/aromatic N) is 1. The molecule has 1 saturated carbocycles. The van der Waals surface area contributed by atoms with E-state index in [0.29, 0.717) is 21.8 Å². The van der Waals surface area contributed by atoms with E-state index in [9.17, 15) is 4.79 Å². The summed E-state index contributed by atoms with van der Waals surface area (Å²) < 4.78 is 11.3. The zero-order valence-electron chi connectivity index (χ0n) is 10.4. The number of esters is 1. The maximum absolute atomic E-state index is 11.6. The van der Waals surface area contributed by atoms with E-state index in [2.05, 4.69) is 4.98 Å². The van der Waals surface area contributed by atoms with Crippen LogP contribution in [0.3, 0.4) is 0 Å². The fourth-order valence-corrected chi connectivity index (χ4v) is 2.69. The van der Waals surface area contributed by atoms with Crippen LogP contribution >= 0.6 is 11.3 Å². The SMILES string of the molecule is COC(=O)c1cc(OC2CC2)c2nc(CO)sc2c1. The molecule has 0 amide bonds. The highest BCUT2D eigenvalue weighted by Crippen LogP contribution is 2.35. The molecule has 5 nitrogen and oxygen atoms in total. The van der Waals surface area contributed by atoms with Crippen molar-refractivity contribution in [3.8, 4) is 5.75 Å². The summed E-state index contributed by atoms with van der Waals surface area (Å²) in [5.74, 6) is 0.192. The van der Waals surface area contributed by atoms with Gasteiger partial charge in [0.2, 0.25) is 0 Å². The van der Waals surface area contributed by atoms with E-state index in [1.165, 1.54) is 18.4 Å². The van der Waals surface area contributed by atoms with Gasteiger partial charge in [-0.2, -0.15) is 0 Å². The molecule has 3 rings (SSSR count). The lowest BCUT2D eigenvalue weighted by atomic mass is 10.2. The molecule has 0 saturated heterocycles. The van der Waals surface area contributed by atoms with Crippen molar-refractivity contribution in [3.63, 3.8) is 0 Å². The Hall–Kier alpha value is -1.66. The number of aliphatic hydroxyl groups is 1. The third kappa shape index (κ3) is 2.41. The molecule has 0 radical (unpaired) electrons. The molecule has 1 heterocycles. The smallest absolute Gasteiger partial charge is 0.338 e. The molecule has 1 fully saturated rings. The minimum Gasteiger partial charge on any atom is -0.488 e. The van der Waals surface area contributed by atoms with Gasteiger partial charge in [-0.3, -0.25) is 0 Å². The Bertz CT molecular complexity index is 633. The van der Waals surface area contributed by atoms with Crippen LogP contribution < -0.4 is 4.74 Å². The fraction of sp³-hybridized carbons (Fsp3) is 0.385. The van der Waals surface area contributed by atoms with E-state index in [4.69, 9.17) is 14.6 Å². The van der Waals surface area contributed by atoms with Crippen LogP contribution in [0.2, 0.25) is 0 Å². The topological polar surface area (TPSA) is 68.7 Å². The van der Waals surface area contributed by atoms with E-state index in [1.54, 1.807) is 12.1 Å². The van der Waals surface area contributed by atoms with Gasteiger partial charge in [0.05, 0.1) is 30.1 Å². The van der Waals surface area contributed by atoms with Gasteiger partial charge in [-0.1, -0.05) is 0 Å². The second-order valence-corrected chi connectivity index (χ2v) is 5.51. The number of rotatable bonds is 4. The van der Waals surface area contributed by atoms with Crippen LogP contribution in [0.15, 0.2) is 12.1 Å². The number of fused-ring (bicyclic) bond motifs is 1. The second-order valence-electron chi connectivity index (χ2n) is 4.40. The Labute approximate surface area is 113 Å². The highest BCUT2D eigenvalue weighted by Gasteiger charge is 2.26. The van der Waals surface area contributed by atoms with Gasteiger partial charge in [0, 0.05) is 0 Å². The van der Waals surface area contributed by atoms with Crippen LogP contribution in [0.5, 0.6) is 5.75 Å².